The average molecular weight is 207 g/mol. The van der Waals surface area contributed by atoms with Crippen LogP contribution in [-0.4, -0.2) is 10.2 Å². The van der Waals surface area contributed by atoms with Crippen LogP contribution in [0.5, 0.6) is 0 Å². The predicted octanol–water partition coefficient (Wildman–Crippen LogP) is 2.79. The molecule has 0 fully saturated rings. The van der Waals surface area contributed by atoms with E-state index < -0.39 is 0 Å². The molecule has 0 bridgehead atoms. The van der Waals surface area contributed by atoms with Crippen molar-refractivity contribution in [1.82, 2.24) is 0 Å². The van der Waals surface area contributed by atoms with E-state index in [4.69, 9.17) is 0 Å². The van der Waals surface area contributed by atoms with E-state index in [0.29, 0.717) is 0 Å². The minimum absolute atomic E-state index is 1.10. The third kappa shape index (κ3) is 1.92. The Labute approximate surface area is 93.7 Å². The Kier molecular flexibility index (Phi) is 2.83. The molecule has 0 unspecified atom stereocenters. The maximum Gasteiger partial charge on any atom is 0.0729 e. The molecule has 2 rings (SSSR count). The van der Waals surface area contributed by atoms with E-state index in [1.54, 1.807) is 0 Å². The fraction of sp³-hybridized carbons (Fsp3) is 0. The molecular weight excluding hydrogens is 196 g/mol. The Morgan fingerprint density at radius 1 is 0.933 bits per heavy atom. The molecule has 0 saturated carbocycles. The SMILES string of the molecule is C=Cc1cccc(-c2ccccc2)c1[Si]. The third-order valence-corrected chi connectivity index (χ3v) is 2.96. The summed E-state index contributed by atoms with van der Waals surface area (Å²) in [6, 6.07) is 16.5. The topological polar surface area (TPSA) is 0 Å². The Balaban J connectivity index is 2.59. The van der Waals surface area contributed by atoms with Gasteiger partial charge in [0.05, 0.1) is 10.2 Å². The molecule has 0 N–H and O–H groups in total. The van der Waals surface area contributed by atoms with Crippen LogP contribution in [0.4, 0.5) is 0 Å². The Hall–Kier alpha value is -1.60. The lowest BCUT2D eigenvalue weighted by atomic mass is 10.0. The number of benzene rings is 2. The lowest BCUT2D eigenvalue weighted by molar-refractivity contribution is 1.63. The van der Waals surface area contributed by atoms with Gasteiger partial charge in [0.25, 0.3) is 0 Å². The van der Waals surface area contributed by atoms with Crippen LogP contribution in [0, 0.1) is 0 Å². The van der Waals surface area contributed by atoms with E-state index in [1.807, 2.05) is 36.4 Å². The minimum Gasteiger partial charge on any atom is -0.0985 e. The average Bonchev–Trinajstić information content (AvgIpc) is 2.30. The molecule has 0 atom stereocenters. The second-order valence-electron chi connectivity index (χ2n) is 3.34. The number of hydrogen-bond acceptors (Lipinski definition) is 0. The van der Waals surface area contributed by atoms with E-state index in [-0.39, 0.29) is 0 Å². The zero-order chi connectivity index (χ0) is 10.7. The van der Waals surface area contributed by atoms with Gasteiger partial charge in [-0.1, -0.05) is 66.4 Å². The summed E-state index contributed by atoms with van der Waals surface area (Å²) in [6.07, 6.45) is 1.86. The fourth-order valence-corrected chi connectivity index (χ4v) is 2.01. The number of hydrogen-bond donors (Lipinski definition) is 0. The van der Waals surface area contributed by atoms with E-state index >= 15 is 0 Å². The van der Waals surface area contributed by atoms with Crippen LogP contribution in [0.1, 0.15) is 5.56 Å². The van der Waals surface area contributed by atoms with Crippen molar-refractivity contribution in [2.75, 3.05) is 0 Å². The summed E-state index contributed by atoms with van der Waals surface area (Å²) in [5.74, 6) is 0. The Bertz CT molecular complexity index is 472. The summed E-state index contributed by atoms with van der Waals surface area (Å²) in [5, 5.41) is 1.10. The summed E-state index contributed by atoms with van der Waals surface area (Å²) in [5.41, 5.74) is 3.53. The van der Waals surface area contributed by atoms with Crippen molar-refractivity contribution in [2.45, 2.75) is 0 Å². The van der Waals surface area contributed by atoms with Crippen LogP contribution in [0.25, 0.3) is 17.2 Å². The van der Waals surface area contributed by atoms with Crippen LogP contribution in [0.3, 0.4) is 0 Å². The van der Waals surface area contributed by atoms with Crippen LogP contribution in [0.15, 0.2) is 55.1 Å². The van der Waals surface area contributed by atoms with E-state index in [1.165, 1.54) is 11.1 Å². The summed E-state index contributed by atoms with van der Waals surface area (Å²) >= 11 is 0. The molecular formula is C14H11Si. The van der Waals surface area contributed by atoms with E-state index in [2.05, 4.69) is 35.0 Å². The van der Waals surface area contributed by atoms with Crippen LogP contribution < -0.4 is 5.19 Å². The quantitative estimate of drug-likeness (QED) is 0.664. The smallest absolute Gasteiger partial charge is 0.0729 e. The Morgan fingerprint density at radius 2 is 1.67 bits per heavy atom. The first kappa shape index (κ1) is 9.93. The van der Waals surface area contributed by atoms with E-state index in [0.717, 1.165) is 10.8 Å². The first-order valence-electron chi connectivity index (χ1n) is 4.85. The van der Waals surface area contributed by atoms with Crippen LogP contribution in [0.2, 0.25) is 0 Å². The van der Waals surface area contributed by atoms with Crippen LogP contribution >= 0.6 is 0 Å². The van der Waals surface area contributed by atoms with Crippen molar-refractivity contribution in [3.63, 3.8) is 0 Å². The van der Waals surface area contributed by atoms with Gasteiger partial charge in [-0.25, -0.2) is 0 Å². The third-order valence-electron chi connectivity index (χ3n) is 2.40. The van der Waals surface area contributed by atoms with Crippen molar-refractivity contribution in [2.24, 2.45) is 0 Å². The molecule has 71 valence electrons. The van der Waals surface area contributed by atoms with Gasteiger partial charge in [-0.3, -0.25) is 0 Å². The molecule has 0 aromatic heterocycles. The predicted molar refractivity (Wildman–Crippen MR) is 67.4 cm³/mol. The van der Waals surface area contributed by atoms with Crippen molar-refractivity contribution in [3.8, 4) is 11.1 Å². The standard InChI is InChI=1S/C14H11Si/c1-2-11-9-6-10-13(14(11)15)12-7-4-3-5-8-12/h2-10H,1H2. The molecule has 3 radical (unpaired) electrons. The molecule has 1 heteroatoms. The lowest BCUT2D eigenvalue weighted by Gasteiger charge is -2.08. The summed E-state index contributed by atoms with van der Waals surface area (Å²) < 4.78 is 0. The van der Waals surface area contributed by atoms with Gasteiger partial charge in [-0.05, 0) is 16.7 Å². The highest BCUT2D eigenvalue weighted by molar-refractivity contribution is 6.37. The van der Waals surface area contributed by atoms with Gasteiger partial charge in [0.1, 0.15) is 0 Å². The van der Waals surface area contributed by atoms with Crippen molar-refractivity contribution >= 4 is 21.5 Å². The minimum atomic E-state index is 1.10. The van der Waals surface area contributed by atoms with Crippen LogP contribution in [-0.2, 0) is 0 Å². The molecule has 0 aliphatic carbocycles. The van der Waals surface area contributed by atoms with Crippen molar-refractivity contribution in [1.29, 1.82) is 0 Å². The molecule has 0 aliphatic rings. The molecule has 0 nitrogen and oxygen atoms in total. The second kappa shape index (κ2) is 4.28. The highest BCUT2D eigenvalue weighted by Crippen LogP contribution is 2.17. The lowest BCUT2D eigenvalue weighted by Crippen LogP contribution is -2.10. The molecule has 0 aliphatic heterocycles. The van der Waals surface area contributed by atoms with Gasteiger partial charge >= 0.3 is 0 Å². The van der Waals surface area contributed by atoms with Gasteiger partial charge in [-0.2, -0.15) is 0 Å². The Morgan fingerprint density at radius 3 is 2.33 bits per heavy atom. The first-order valence-corrected chi connectivity index (χ1v) is 5.35. The molecule has 2 aromatic rings. The molecule has 0 amide bonds. The van der Waals surface area contributed by atoms with Crippen molar-refractivity contribution in [3.05, 3.63) is 60.7 Å². The van der Waals surface area contributed by atoms with Gasteiger partial charge in [0.2, 0.25) is 0 Å². The van der Waals surface area contributed by atoms with Gasteiger partial charge < -0.3 is 0 Å². The maximum absolute atomic E-state index is 3.80. The molecule has 2 aromatic carbocycles. The normalized spacial score (nSPS) is 9.93. The summed E-state index contributed by atoms with van der Waals surface area (Å²) in [6.45, 7) is 3.80. The highest BCUT2D eigenvalue weighted by Gasteiger charge is 2.02. The van der Waals surface area contributed by atoms with E-state index in [9.17, 15) is 0 Å². The van der Waals surface area contributed by atoms with Gasteiger partial charge in [0.15, 0.2) is 0 Å². The summed E-state index contributed by atoms with van der Waals surface area (Å²) in [4.78, 5) is 0. The van der Waals surface area contributed by atoms with Crippen molar-refractivity contribution < 1.29 is 0 Å². The molecule has 0 saturated heterocycles. The first-order chi connectivity index (χ1) is 7.33. The summed E-state index contributed by atoms with van der Waals surface area (Å²) in [7, 11) is 3.66. The zero-order valence-electron chi connectivity index (χ0n) is 8.40. The second-order valence-corrected chi connectivity index (χ2v) is 3.84. The molecule has 0 spiro atoms. The number of rotatable bonds is 2. The monoisotopic (exact) mass is 207 g/mol. The van der Waals surface area contributed by atoms with Gasteiger partial charge in [0, 0.05) is 0 Å². The van der Waals surface area contributed by atoms with Gasteiger partial charge in [-0.15, -0.1) is 0 Å². The molecule has 0 heterocycles. The maximum atomic E-state index is 3.80. The largest absolute Gasteiger partial charge is 0.0985 e. The molecule has 15 heavy (non-hydrogen) atoms. The zero-order valence-corrected chi connectivity index (χ0v) is 9.40. The fourth-order valence-electron chi connectivity index (χ4n) is 1.60. The highest BCUT2D eigenvalue weighted by atomic mass is 28.1.